The molecule has 0 aliphatic carbocycles. The quantitative estimate of drug-likeness (QED) is 0.550. The average Bonchev–Trinajstić information content (AvgIpc) is 2.57. The largest absolute Gasteiger partial charge is 0.302 e. The van der Waals surface area contributed by atoms with Gasteiger partial charge in [0.15, 0.2) is 0 Å². The molecule has 2 aromatic rings. The number of hydrogen-bond donors (Lipinski definition) is 0. The molecule has 2 nitrogen and oxygen atoms in total. The molecule has 5 heteroatoms. The Kier molecular flexibility index (Phi) is 9.20. The highest BCUT2D eigenvalue weighted by molar-refractivity contribution is 5.85. The lowest BCUT2D eigenvalue weighted by molar-refractivity contribution is -0.134. The normalized spacial score (nSPS) is 12.1. The van der Waals surface area contributed by atoms with Crippen LogP contribution in [0.2, 0.25) is 0 Å². The van der Waals surface area contributed by atoms with Gasteiger partial charge in [0.25, 0.3) is 0 Å². The van der Waals surface area contributed by atoms with Crippen molar-refractivity contribution in [3.05, 3.63) is 70.3 Å². The summed E-state index contributed by atoms with van der Waals surface area (Å²) in [6, 6.07) is 10.1. The summed E-state index contributed by atoms with van der Waals surface area (Å²) in [5.41, 5.74) is 3.55. The number of hydroxylamine groups is 2. The third-order valence-electron chi connectivity index (χ3n) is 4.62. The van der Waals surface area contributed by atoms with Gasteiger partial charge in [-0.25, -0.2) is 8.78 Å². The molecule has 0 radical (unpaired) electrons. The van der Waals surface area contributed by atoms with Crippen LogP contribution in [0.15, 0.2) is 36.4 Å². The van der Waals surface area contributed by atoms with E-state index in [1.165, 1.54) is 18.2 Å². The van der Waals surface area contributed by atoms with E-state index in [0.717, 1.165) is 29.7 Å². The van der Waals surface area contributed by atoms with Crippen molar-refractivity contribution >= 4 is 12.4 Å². The Hall–Kier alpha value is -1.49. The Bertz CT molecular complexity index is 668. The van der Waals surface area contributed by atoms with Crippen LogP contribution in [-0.4, -0.2) is 25.3 Å². The maximum Gasteiger partial charge on any atom is 0.129 e. The van der Waals surface area contributed by atoms with Crippen molar-refractivity contribution < 1.29 is 13.6 Å². The third-order valence-corrected chi connectivity index (χ3v) is 4.62. The van der Waals surface area contributed by atoms with E-state index in [4.69, 9.17) is 4.84 Å². The second-order valence-electron chi connectivity index (χ2n) is 6.48. The van der Waals surface area contributed by atoms with E-state index in [0.29, 0.717) is 13.0 Å². The smallest absolute Gasteiger partial charge is 0.129 e. The molecule has 2 rings (SSSR count). The van der Waals surface area contributed by atoms with Crippen LogP contribution in [-0.2, 0) is 11.3 Å². The maximum absolute atomic E-state index is 14.2. The van der Waals surface area contributed by atoms with Crippen molar-refractivity contribution in [1.29, 1.82) is 0 Å². The molecule has 0 saturated heterocycles. The first kappa shape index (κ1) is 22.6. The van der Waals surface area contributed by atoms with Crippen LogP contribution in [0.1, 0.15) is 41.5 Å². The molecule has 144 valence electrons. The molecule has 0 aliphatic heterocycles. The summed E-state index contributed by atoms with van der Waals surface area (Å²) in [5.74, 6) is -1.04. The zero-order valence-corrected chi connectivity index (χ0v) is 16.7. The Balaban J connectivity index is 0.00000338. The molecule has 0 amide bonds. The molecule has 0 bridgehead atoms. The molecule has 1 atom stereocenters. The lowest BCUT2D eigenvalue weighted by Gasteiger charge is -2.28. The van der Waals surface area contributed by atoms with Crippen LogP contribution in [0.5, 0.6) is 0 Å². The number of rotatable bonds is 8. The Morgan fingerprint density at radius 2 is 1.54 bits per heavy atom. The van der Waals surface area contributed by atoms with Crippen LogP contribution in [0, 0.1) is 25.5 Å². The Morgan fingerprint density at radius 1 is 1.00 bits per heavy atom. The number of nitrogens with zero attached hydrogens (tertiary/aromatic N) is 1. The van der Waals surface area contributed by atoms with Crippen LogP contribution < -0.4 is 0 Å². The molecule has 0 spiro atoms. The summed E-state index contributed by atoms with van der Waals surface area (Å²) >= 11 is 0. The monoisotopic (exact) mass is 383 g/mol. The van der Waals surface area contributed by atoms with E-state index < -0.39 is 11.6 Å². The molecule has 0 heterocycles. The van der Waals surface area contributed by atoms with E-state index in [9.17, 15) is 8.78 Å². The molecule has 0 N–H and O–H groups in total. The minimum atomic E-state index is -0.490. The van der Waals surface area contributed by atoms with Crippen LogP contribution in [0.25, 0.3) is 0 Å². The Labute approximate surface area is 161 Å². The zero-order valence-electron chi connectivity index (χ0n) is 15.9. The number of halogens is 3. The third kappa shape index (κ3) is 5.50. The first-order valence-corrected chi connectivity index (χ1v) is 8.76. The summed E-state index contributed by atoms with van der Waals surface area (Å²) < 4.78 is 28.4. The van der Waals surface area contributed by atoms with Gasteiger partial charge >= 0.3 is 0 Å². The molecule has 0 aromatic heterocycles. The van der Waals surface area contributed by atoms with Crippen LogP contribution in [0.4, 0.5) is 8.78 Å². The lowest BCUT2D eigenvalue weighted by Crippen LogP contribution is -2.30. The van der Waals surface area contributed by atoms with Gasteiger partial charge in [-0.2, -0.15) is 5.06 Å². The zero-order chi connectivity index (χ0) is 18.4. The average molecular weight is 384 g/mol. The van der Waals surface area contributed by atoms with Crippen molar-refractivity contribution in [2.45, 2.75) is 39.5 Å². The highest BCUT2D eigenvalue weighted by Crippen LogP contribution is 2.30. The maximum atomic E-state index is 14.2. The highest BCUT2D eigenvalue weighted by Gasteiger charge is 2.23. The summed E-state index contributed by atoms with van der Waals surface area (Å²) in [6.07, 6.45) is 1.25. The minimum Gasteiger partial charge on any atom is -0.302 e. The van der Waals surface area contributed by atoms with Crippen molar-refractivity contribution in [1.82, 2.24) is 5.06 Å². The van der Waals surface area contributed by atoms with Crippen molar-refractivity contribution in [3.63, 3.8) is 0 Å². The van der Waals surface area contributed by atoms with Gasteiger partial charge < -0.3 is 4.84 Å². The van der Waals surface area contributed by atoms with Gasteiger partial charge in [-0.1, -0.05) is 31.2 Å². The number of benzene rings is 2. The van der Waals surface area contributed by atoms with Crippen molar-refractivity contribution in [2.75, 3.05) is 20.2 Å². The van der Waals surface area contributed by atoms with E-state index in [1.54, 1.807) is 7.11 Å². The lowest BCUT2D eigenvalue weighted by atomic mass is 9.85. The van der Waals surface area contributed by atoms with Crippen LogP contribution >= 0.6 is 12.4 Å². The summed E-state index contributed by atoms with van der Waals surface area (Å²) in [7, 11) is 1.64. The predicted octanol–water partition coefficient (Wildman–Crippen LogP) is 5.60. The minimum absolute atomic E-state index is 0. The highest BCUT2D eigenvalue weighted by atomic mass is 35.5. The molecular weight excluding hydrogens is 356 g/mol. The number of aryl methyl sites for hydroxylation is 2. The standard InChI is InChI=1S/C21H27F2NO.ClH/c1-5-12-24(25-4)14-17(21-15(2)8-6-9-16(21)3)13-18-19(22)10-7-11-20(18)23;/h6-11,17H,5,12-14H2,1-4H3;1H. The first-order chi connectivity index (χ1) is 12.0. The van der Waals surface area contributed by atoms with Gasteiger partial charge in [-0.15, -0.1) is 12.4 Å². The van der Waals surface area contributed by atoms with Gasteiger partial charge in [0, 0.05) is 24.6 Å². The van der Waals surface area contributed by atoms with E-state index in [1.807, 2.05) is 37.1 Å². The predicted molar refractivity (Wildman–Crippen MR) is 105 cm³/mol. The fourth-order valence-electron chi connectivity index (χ4n) is 3.46. The molecule has 26 heavy (non-hydrogen) atoms. The molecule has 0 saturated carbocycles. The fraction of sp³-hybridized carbons (Fsp3) is 0.429. The van der Waals surface area contributed by atoms with E-state index >= 15 is 0 Å². The van der Waals surface area contributed by atoms with Gasteiger partial charge in [0.05, 0.1) is 7.11 Å². The van der Waals surface area contributed by atoms with E-state index in [2.05, 4.69) is 6.92 Å². The van der Waals surface area contributed by atoms with Crippen molar-refractivity contribution in [2.24, 2.45) is 0 Å². The molecule has 1 unspecified atom stereocenters. The van der Waals surface area contributed by atoms with Gasteiger partial charge in [-0.05, 0) is 55.5 Å². The van der Waals surface area contributed by atoms with Crippen LogP contribution in [0.3, 0.4) is 0 Å². The summed E-state index contributed by atoms with van der Waals surface area (Å²) in [4.78, 5) is 5.47. The van der Waals surface area contributed by atoms with Gasteiger partial charge in [0.2, 0.25) is 0 Å². The summed E-state index contributed by atoms with van der Waals surface area (Å²) in [6.45, 7) is 7.53. The van der Waals surface area contributed by atoms with Gasteiger partial charge in [-0.3, -0.25) is 0 Å². The second kappa shape index (κ2) is 10.6. The van der Waals surface area contributed by atoms with Gasteiger partial charge in [0.1, 0.15) is 11.6 Å². The molecule has 0 fully saturated rings. The molecule has 2 aromatic carbocycles. The number of hydrogen-bond acceptors (Lipinski definition) is 2. The molecule has 0 aliphatic rings. The van der Waals surface area contributed by atoms with E-state index in [-0.39, 0.29) is 23.9 Å². The van der Waals surface area contributed by atoms with Crippen molar-refractivity contribution in [3.8, 4) is 0 Å². The summed E-state index contributed by atoms with van der Waals surface area (Å²) in [5, 5.41) is 1.87. The Morgan fingerprint density at radius 3 is 2.04 bits per heavy atom. The SMILES string of the molecule is CCCN(CC(Cc1c(F)cccc1F)c1c(C)cccc1C)OC.Cl. The second-order valence-corrected chi connectivity index (χ2v) is 6.48. The fourth-order valence-corrected chi connectivity index (χ4v) is 3.46. The molecular formula is C21H28ClF2NO. The first-order valence-electron chi connectivity index (χ1n) is 8.76. The topological polar surface area (TPSA) is 12.5 Å².